The number of ether oxygens (including phenoxy) is 1. The van der Waals surface area contributed by atoms with Gasteiger partial charge in [-0.25, -0.2) is 4.39 Å². The van der Waals surface area contributed by atoms with Crippen LogP contribution in [0.1, 0.15) is 49.3 Å². The maximum absolute atomic E-state index is 14.7. The van der Waals surface area contributed by atoms with Crippen molar-refractivity contribution in [3.05, 3.63) is 65.1 Å². The minimum atomic E-state index is -1.14. The highest BCUT2D eigenvalue weighted by Gasteiger charge is 2.42. The maximum Gasteiger partial charge on any atom is 0.220 e. The summed E-state index contributed by atoms with van der Waals surface area (Å²) in [6, 6.07) is 10.2. The minimum absolute atomic E-state index is 0.0313. The second kappa shape index (κ2) is 7.29. The number of alkyl halides is 1. The molecule has 2 fully saturated rings. The average molecular weight is 392 g/mol. The summed E-state index contributed by atoms with van der Waals surface area (Å²) < 4.78 is 20.6. The number of nitrogens with two attached hydrogens (primary N) is 1. The van der Waals surface area contributed by atoms with Crippen molar-refractivity contribution >= 4 is 16.8 Å². The highest BCUT2D eigenvalue weighted by atomic mass is 19.1. The summed E-state index contributed by atoms with van der Waals surface area (Å²) in [7, 11) is 0. The molecule has 3 atom stereocenters. The highest BCUT2D eigenvalue weighted by molar-refractivity contribution is 5.82. The van der Waals surface area contributed by atoms with Crippen molar-refractivity contribution in [3.8, 4) is 0 Å². The number of hydrogen-bond donors (Lipinski definition) is 1. The molecule has 150 valence electrons. The lowest BCUT2D eigenvalue weighted by Gasteiger charge is -2.20. The summed E-state index contributed by atoms with van der Waals surface area (Å²) in [6.45, 7) is 0.338. The molecule has 1 heterocycles. The Morgan fingerprint density at radius 2 is 2.07 bits per heavy atom. The lowest BCUT2D eigenvalue weighted by molar-refractivity contribution is -0.119. The van der Waals surface area contributed by atoms with Crippen molar-refractivity contribution in [3.63, 3.8) is 0 Å². The quantitative estimate of drug-likeness (QED) is 0.743. The van der Waals surface area contributed by atoms with Crippen LogP contribution in [0.5, 0.6) is 0 Å². The molecule has 2 N–H and O–H groups in total. The molecule has 4 nitrogen and oxygen atoms in total. The molecule has 0 saturated heterocycles. The fourth-order valence-corrected chi connectivity index (χ4v) is 4.29. The van der Waals surface area contributed by atoms with Crippen molar-refractivity contribution in [2.75, 3.05) is 0 Å². The molecule has 2 saturated carbocycles. The number of hydrogen-bond acceptors (Lipinski definition) is 3. The van der Waals surface area contributed by atoms with Crippen LogP contribution in [-0.4, -0.2) is 17.1 Å². The Morgan fingerprint density at radius 1 is 1.24 bits per heavy atom. The lowest BCUT2D eigenvalue weighted by atomic mass is 9.96. The largest absolute Gasteiger partial charge is 0.490 e. The topological polar surface area (TPSA) is 65.2 Å². The fourth-order valence-electron chi connectivity index (χ4n) is 4.29. The average Bonchev–Trinajstić information content (AvgIpc) is 3.61. The van der Waals surface area contributed by atoms with E-state index >= 15 is 0 Å². The number of rotatable bonds is 7. The molecule has 0 bridgehead atoms. The van der Waals surface area contributed by atoms with Gasteiger partial charge in [-0.2, -0.15) is 0 Å². The molecular formula is C24H25FN2O2. The third kappa shape index (κ3) is 3.91. The molecule has 0 aliphatic heterocycles. The number of amides is 1. The second-order valence-electron chi connectivity index (χ2n) is 8.56. The predicted molar refractivity (Wildman–Crippen MR) is 110 cm³/mol. The number of para-hydroxylation sites is 1. The van der Waals surface area contributed by atoms with Crippen molar-refractivity contribution in [1.29, 1.82) is 0 Å². The Balaban J connectivity index is 1.29. The van der Waals surface area contributed by atoms with E-state index in [1.54, 1.807) is 6.08 Å². The van der Waals surface area contributed by atoms with Crippen LogP contribution in [0.15, 0.2) is 53.8 Å². The molecule has 3 unspecified atom stereocenters. The van der Waals surface area contributed by atoms with Crippen LogP contribution >= 0.6 is 0 Å². The molecule has 2 aromatic rings. The van der Waals surface area contributed by atoms with Gasteiger partial charge in [0.15, 0.2) is 6.17 Å². The third-order valence-corrected chi connectivity index (χ3v) is 6.26. The van der Waals surface area contributed by atoms with Crippen LogP contribution in [-0.2, 0) is 16.1 Å². The van der Waals surface area contributed by atoms with Gasteiger partial charge in [0.25, 0.3) is 0 Å². The van der Waals surface area contributed by atoms with Crippen LogP contribution in [0, 0.1) is 11.8 Å². The Kier molecular flexibility index (Phi) is 4.61. The van der Waals surface area contributed by atoms with Gasteiger partial charge in [-0.05, 0) is 49.8 Å². The number of aromatic nitrogens is 1. The number of primary amides is 1. The SMILES string of the molecule is NC(=O)C1CC1CC1=CC=C(OCc2cc(C3CC3)nc3ccccc23)C(F)C1. The van der Waals surface area contributed by atoms with Crippen LogP contribution < -0.4 is 5.73 Å². The molecule has 1 aromatic carbocycles. The van der Waals surface area contributed by atoms with Gasteiger partial charge in [-0.1, -0.05) is 29.8 Å². The Morgan fingerprint density at radius 3 is 2.79 bits per heavy atom. The number of allylic oxidation sites excluding steroid dienone is 4. The zero-order valence-electron chi connectivity index (χ0n) is 16.3. The van der Waals surface area contributed by atoms with Gasteiger partial charge in [-0.15, -0.1) is 0 Å². The molecule has 1 aromatic heterocycles. The van der Waals surface area contributed by atoms with E-state index in [1.165, 1.54) is 12.8 Å². The number of benzene rings is 1. The van der Waals surface area contributed by atoms with Crippen molar-refractivity contribution in [1.82, 2.24) is 4.98 Å². The van der Waals surface area contributed by atoms with Gasteiger partial charge in [0, 0.05) is 34.9 Å². The van der Waals surface area contributed by atoms with Gasteiger partial charge in [0.1, 0.15) is 12.4 Å². The summed E-state index contributed by atoms with van der Waals surface area (Å²) in [5.74, 6) is 0.947. The normalized spacial score (nSPS) is 26.0. The summed E-state index contributed by atoms with van der Waals surface area (Å²) in [5, 5.41) is 1.06. The van der Waals surface area contributed by atoms with E-state index in [4.69, 9.17) is 15.5 Å². The second-order valence-corrected chi connectivity index (χ2v) is 8.56. The molecule has 3 aliphatic rings. The van der Waals surface area contributed by atoms with E-state index in [2.05, 4.69) is 6.07 Å². The van der Waals surface area contributed by atoms with Crippen molar-refractivity contribution < 1.29 is 13.9 Å². The zero-order valence-corrected chi connectivity index (χ0v) is 16.3. The van der Waals surface area contributed by atoms with Gasteiger partial charge in [0.2, 0.25) is 5.91 Å². The Hall–Kier alpha value is -2.69. The van der Waals surface area contributed by atoms with Crippen molar-refractivity contribution in [2.24, 2.45) is 17.6 Å². The van der Waals surface area contributed by atoms with E-state index in [9.17, 15) is 9.18 Å². The molecule has 5 heteroatoms. The molecule has 0 radical (unpaired) electrons. The summed E-state index contributed by atoms with van der Waals surface area (Å²) >= 11 is 0. The van der Waals surface area contributed by atoms with E-state index < -0.39 is 6.17 Å². The molecule has 5 rings (SSSR count). The fraction of sp³-hybridized carbons (Fsp3) is 0.417. The van der Waals surface area contributed by atoms with Gasteiger partial charge >= 0.3 is 0 Å². The van der Waals surface area contributed by atoms with Gasteiger partial charge in [0.05, 0.1) is 5.52 Å². The molecular weight excluding hydrogens is 367 g/mol. The highest BCUT2D eigenvalue weighted by Crippen LogP contribution is 2.44. The third-order valence-electron chi connectivity index (χ3n) is 6.26. The number of fused-ring (bicyclic) bond motifs is 1. The first kappa shape index (κ1) is 18.3. The molecule has 0 spiro atoms. The van der Waals surface area contributed by atoms with E-state index in [-0.39, 0.29) is 17.7 Å². The minimum Gasteiger partial charge on any atom is -0.490 e. The summed E-state index contributed by atoms with van der Waals surface area (Å²) in [6.07, 6.45) is 6.84. The first-order valence-corrected chi connectivity index (χ1v) is 10.4. The first-order valence-electron chi connectivity index (χ1n) is 10.4. The monoisotopic (exact) mass is 392 g/mol. The van der Waals surface area contributed by atoms with Crippen LogP contribution in [0.25, 0.3) is 10.9 Å². The molecule has 3 aliphatic carbocycles. The number of carbonyl (C=O) groups is 1. The number of halogens is 1. The van der Waals surface area contributed by atoms with Gasteiger partial charge in [-0.3, -0.25) is 9.78 Å². The smallest absolute Gasteiger partial charge is 0.220 e. The number of nitrogens with zero attached hydrogens (tertiary/aromatic N) is 1. The number of pyridine rings is 1. The summed E-state index contributed by atoms with van der Waals surface area (Å²) in [4.78, 5) is 16.0. The van der Waals surface area contributed by atoms with Crippen molar-refractivity contribution in [2.45, 2.75) is 50.8 Å². The first-order chi connectivity index (χ1) is 14.1. The number of carbonyl (C=O) groups excluding carboxylic acids is 1. The Bertz CT molecular complexity index is 1020. The lowest BCUT2D eigenvalue weighted by Crippen LogP contribution is -2.15. The van der Waals surface area contributed by atoms with E-state index in [0.717, 1.165) is 40.6 Å². The van der Waals surface area contributed by atoms with Crippen LogP contribution in [0.2, 0.25) is 0 Å². The Labute approximate surface area is 169 Å². The van der Waals surface area contributed by atoms with E-state index in [0.29, 0.717) is 24.7 Å². The van der Waals surface area contributed by atoms with Gasteiger partial charge < -0.3 is 10.5 Å². The standard InChI is InChI=1S/C24H25FN2O2/c25-20-10-14(9-16-11-19(16)24(26)28)5-8-23(20)29-13-17-12-22(15-6-7-15)27-21-4-2-1-3-18(17)21/h1-5,8,12,15-16,19-20H,6-7,9-11,13H2,(H2,26,28). The van der Waals surface area contributed by atoms with Crippen LogP contribution in [0.4, 0.5) is 4.39 Å². The predicted octanol–water partition coefficient (Wildman–Crippen LogP) is 4.69. The molecule has 1 amide bonds. The zero-order chi connectivity index (χ0) is 20.0. The molecule has 29 heavy (non-hydrogen) atoms. The van der Waals surface area contributed by atoms with E-state index in [1.807, 2.05) is 30.3 Å². The maximum atomic E-state index is 14.7. The summed E-state index contributed by atoms with van der Waals surface area (Å²) in [5.41, 5.74) is 9.52. The van der Waals surface area contributed by atoms with Crippen LogP contribution in [0.3, 0.4) is 0 Å².